The van der Waals surface area contributed by atoms with Gasteiger partial charge in [0.2, 0.25) is 0 Å². The van der Waals surface area contributed by atoms with E-state index in [0.717, 1.165) is 17.1 Å². The predicted octanol–water partition coefficient (Wildman–Crippen LogP) is 3.61. The molecule has 0 saturated heterocycles. The third-order valence-electron chi connectivity index (χ3n) is 2.70. The summed E-state index contributed by atoms with van der Waals surface area (Å²) in [5.74, 6) is 0.851. The number of thiophene rings is 1. The molecule has 0 aliphatic rings. The van der Waals surface area contributed by atoms with Gasteiger partial charge in [-0.2, -0.15) is 5.10 Å². The van der Waals surface area contributed by atoms with Gasteiger partial charge >= 0.3 is 0 Å². The van der Waals surface area contributed by atoms with Crippen LogP contribution in [0.25, 0.3) is 16.3 Å². The molecular weight excluding hydrogens is 244 g/mol. The highest BCUT2D eigenvalue weighted by Gasteiger charge is 2.04. The molecule has 0 aliphatic heterocycles. The second-order valence-electron chi connectivity index (χ2n) is 3.82. The maximum absolute atomic E-state index is 5.14. The Balaban J connectivity index is 1.92. The highest BCUT2D eigenvalue weighted by atomic mass is 32.1. The summed E-state index contributed by atoms with van der Waals surface area (Å²) in [7, 11) is 1.66. The summed E-state index contributed by atoms with van der Waals surface area (Å²) in [6.07, 6.45) is 1.97. The molecule has 0 fully saturated rings. The number of hydrogen-bond donors (Lipinski definition) is 0. The zero-order valence-electron chi connectivity index (χ0n) is 9.91. The molecule has 3 nitrogen and oxygen atoms in total. The summed E-state index contributed by atoms with van der Waals surface area (Å²) in [6, 6.07) is 14.0. The molecule has 2 heterocycles. The van der Waals surface area contributed by atoms with E-state index < -0.39 is 0 Å². The second-order valence-corrected chi connectivity index (χ2v) is 4.77. The van der Waals surface area contributed by atoms with Crippen molar-refractivity contribution in [2.45, 2.75) is 0 Å². The van der Waals surface area contributed by atoms with E-state index in [4.69, 9.17) is 4.74 Å². The number of rotatable bonds is 3. The Hall–Kier alpha value is -2.07. The van der Waals surface area contributed by atoms with Gasteiger partial charge in [0.25, 0.3) is 0 Å². The van der Waals surface area contributed by atoms with E-state index in [9.17, 15) is 0 Å². The first kappa shape index (κ1) is 11.0. The van der Waals surface area contributed by atoms with Gasteiger partial charge in [-0.15, -0.1) is 11.3 Å². The van der Waals surface area contributed by atoms with E-state index in [1.54, 1.807) is 18.4 Å². The lowest BCUT2D eigenvalue weighted by atomic mass is 10.3. The van der Waals surface area contributed by atoms with Crippen LogP contribution in [0, 0.1) is 0 Å². The van der Waals surface area contributed by atoms with Crippen molar-refractivity contribution in [3.8, 4) is 22.0 Å². The van der Waals surface area contributed by atoms with Gasteiger partial charge in [0.05, 0.1) is 17.7 Å². The zero-order chi connectivity index (χ0) is 12.4. The summed E-state index contributed by atoms with van der Waals surface area (Å²) in [5.41, 5.74) is 2.03. The molecule has 0 saturated carbocycles. The molecule has 0 spiro atoms. The molecule has 90 valence electrons. The van der Waals surface area contributed by atoms with E-state index >= 15 is 0 Å². The number of methoxy groups -OCH3 is 1. The molecule has 4 heteroatoms. The van der Waals surface area contributed by atoms with Gasteiger partial charge in [-0.1, -0.05) is 6.07 Å². The van der Waals surface area contributed by atoms with Gasteiger partial charge in [0.15, 0.2) is 0 Å². The van der Waals surface area contributed by atoms with Crippen LogP contribution in [0.4, 0.5) is 0 Å². The average molecular weight is 256 g/mol. The van der Waals surface area contributed by atoms with Crippen molar-refractivity contribution in [3.05, 3.63) is 54.0 Å². The quantitative estimate of drug-likeness (QED) is 0.715. The largest absolute Gasteiger partial charge is 0.497 e. The maximum atomic E-state index is 5.14. The van der Waals surface area contributed by atoms with Crippen molar-refractivity contribution in [1.82, 2.24) is 9.78 Å². The van der Waals surface area contributed by atoms with Gasteiger partial charge in [-0.25, -0.2) is 4.68 Å². The molecule has 0 atom stereocenters. The lowest BCUT2D eigenvalue weighted by Gasteiger charge is -2.03. The predicted molar refractivity (Wildman–Crippen MR) is 73.4 cm³/mol. The van der Waals surface area contributed by atoms with Crippen LogP contribution in [0.5, 0.6) is 5.75 Å². The molecule has 0 aliphatic carbocycles. The molecule has 0 radical (unpaired) electrons. The topological polar surface area (TPSA) is 27.1 Å². The summed E-state index contributed by atoms with van der Waals surface area (Å²) >= 11 is 1.69. The SMILES string of the molecule is COc1ccc(-n2ccc(-c3cccs3)n2)cc1. The molecule has 2 aromatic heterocycles. The Kier molecular flexibility index (Phi) is 2.86. The fourth-order valence-electron chi connectivity index (χ4n) is 1.76. The van der Waals surface area contributed by atoms with Crippen molar-refractivity contribution in [3.63, 3.8) is 0 Å². The molecule has 18 heavy (non-hydrogen) atoms. The second kappa shape index (κ2) is 4.66. The Morgan fingerprint density at radius 1 is 1.11 bits per heavy atom. The minimum atomic E-state index is 0.851. The number of benzene rings is 1. The highest BCUT2D eigenvalue weighted by molar-refractivity contribution is 7.13. The van der Waals surface area contributed by atoms with E-state index in [0.29, 0.717) is 0 Å². The van der Waals surface area contributed by atoms with Crippen molar-refractivity contribution >= 4 is 11.3 Å². The molecule has 3 aromatic rings. The van der Waals surface area contributed by atoms with Crippen molar-refractivity contribution in [2.75, 3.05) is 7.11 Å². The highest BCUT2D eigenvalue weighted by Crippen LogP contribution is 2.23. The zero-order valence-corrected chi connectivity index (χ0v) is 10.7. The normalized spacial score (nSPS) is 10.5. The maximum Gasteiger partial charge on any atom is 0.119 e. The van der Waals surface area contributed by atoms with E-state index in [1.165, 1.54) is 4.88 Å². The van der Waals surface area contributed by atoms with Crippen LogP contribution >= 0.6 is 11.3 Å². The van der Waals surface area contributed by atoms with E-state index in [-0.39, 0.29) is 0 Å². The first-order valence-electron chi connectivity index (χ1n) is 5.61. The van der Waals surface area contributed by atoms with Crippen LogP contribution in [0.3, 0.4) is 0 Å². The number of hydrogen-bond acceptors (Lipinski definition) is 3. The minimum absolute atomic E-state index is 0.851. The molecule has 0 N–H and O–H groups in total. The fourth-order valence-corrected chi connectivity index (χ4v) is 2.45. The van der Waals surface area contributed by atoms with Crippen molar-refractivity contribution < 1.29 is 4.74 Å². The minimum Gasteiger partial charge on any atom is -0.497 e. The standard InChI is InChI=1S/C14H12N2OS/c1-17-12-6-4-11(5-7-12)16-9-8-13(15-16)14-3-2-10-18-14/h2-10H,1H3. The van der Waals surface area contributed by atoms with Crippen molar-refractivity contribution in [1.29, 1.82) is 0 Å². The number of aromatic nitrogens is 2. The van der Waals surface area contributed by atoms with Gasteiger partial charge < -0.3 is 4.74 Å². The lowest BCUT2D eigenvalue weighted by molar-refractivity contribution is 0.414. The first-order valence-corrected chi connectivity index (χ1v) is 6.49. The summed E-state index contributed by atoms with van der Waals surface area (Å²) in [6.45, 7) is 0. The molecule has 1 aromatic carbocycles. The van der Waals surface area contributed by atoms with Crippen LogP contribution in [-0.2, 0) is 0 Å². The van der Waals surface area contributed by atoms with E-state index in [1.807, 2.05) is 47.3 Å². The van der Waals surface area contributed by atoms with Crippen LogP contribution in [0.15, 0.2) is 54.0 Å². The van der Waals surface area contributed by atoms with Gasteiger partial charge in [0.1, 0.15) is 11.4 Å². The Morgan fingerprint density at radius 2 is 1.94 bits per heavy atom. The van der Waals surface area contributed by atoms with Gasteiger partial charge in [-0.05, 0) is 41.8 Å². The number of nitrogens with zero attached hydrogens (tertiary/aromatic N) is 2. The third kappa shape index (κ3) is 2.02. The Labute approximate surface area is 109 Å². The molecule has 3 rings (SSSR count). The van der Waals surface area contributed by atoms with Gasteiger partial charge in [0, 0.05) is 6.20 Å². The van der Waals surface area contributed by atoms with Crippen LogP contribution < -0.4 is 4.74 Å². The number of ether oxygens (including phenoxy) is 1. The van der Waals surface area contributed by atoms with Crippen molar-refractivity contribution in [2.24, 2.45) is 0 Å². The summed E-state index contributed by atoms with van der Waals surface area (Å²) in [5, 5.41) is 6.62. The molecule has 0 bridgehead atoms. The van der Waals surface area contributed by atoms with E-state index in [2.05, 4.69) is 16.5 Å². The first-order chi connectivity index (χ1) is 8.86. The third-order valence-corrected chi connectivity index (χ3v) is 3.59. The monoisotopic (exact) mass is 256 g/mol. The lowest BCUT2D eigenvalue weighted by Crippen LogP contribution is -1.94. The summed E-state index contributed by atoms with van der Waals surface area (Å²) < 4.78 is 7.01. The molecular formula is C14H12N2OS. The summed E-state index contributed by atoms with van der Waals surface area (Å²) in [4.78, 5) is 1.18. The molecule has 0 amide bonds. The van der Waals surface area contributed by atoms with Gasteiger partial charge in [-0.3, -0.25) is 0 Å². The molecule has 0 unspecified atom stereocenters. The average Bonchev–Trinajstić information content (AvgIpc) is 3.09. The smallest absolute Gasteiger partial charge is 0.119 e. The van der Waals surface area contributed by atoms with Crippen LogP contribution in [-0.4, -0.2) is 16.9 Å². The Bertz CT molecular complexity index is 626. The Morgan fingerprint density at radius 3 is 2.61 bits per heavy atom. The van der Waals surface area contributed by atoms with Crippen LogP contribution in [0.2, 0.25) is 0 Å². The van der Waals surface area contributed by atoms with Crippen LogP contribution in [0.1, 0.15) is 0 Å². The fraction of sp³-hybridized carbons (Fsp3) is 0.0714.